The topological polar surface area (TPSA) is 49.4 Å². The Bertz CT molecular complexity index is 909. The third-order valence-corrected chi connectivity index (χ3v) is 5.05. The quantitative estimate of drug-likeness (QED) is 0.761. The number of halogens is 3. The molecule has 0 saturated carbocycles. The Kier molecular flexibility index (Phi) is 5.04. The number of hydrogen-bond donors (Lipinski definition) is 1. The van der Waals surface area contributed by atoms with Crippen LogP contribution in [0.3, 0.4) is 0 Å². The minimum Gasteiger partial charge on any atom is -0.349 e. The molecule has 0 unspecified atom stereocenters. The van der Waals surface area contributed by atoms with E-state index < -0.39 is 11.8 Å². The summed E-state index contributed by atoms with van der Waals surface area (Å²) < 4.78 is 0. The molecule has 0 aromatic heterocycles. The minimum absolute atomic E-state index is 0.0316. The van der Waals surface area contributed by atoms with E-state index in [0.717, 1.165) is 10.5 Å². The second kappa shape index (κ2) is 7.08. The Morgan fingerprint density at radius 1 is 0.920 bits per heavy atom. The van der Waals surface area contributed by atoms with Crippen molar-refractivity contribution < 1.29 is 9.59 Å². The second-order valence-corrected chi connectivity index (χ2v) is 6.71. The van der Waals surface area contributed by atoms with E-state index in [2.05, 4.69) is 5.32 Å². The van der Waals surface area contributed by atoms with Crippen LogP contribution in [0.25, 0.3) is 0 Å². The van der Waals surface area contributed by atoms with Crippen LogP contribution in [0.4, 0.5) is 5.69 Å². The number of rotatable bonds is 4. The predicted molar refractivity (Wildman–Crippen MR) is 99.7 cm³/mol. The molecule has 7 heteroatoms. The van der Waals surface area contributed by atoms with Crippen LogP contribution in [0.5, 0.6) is 0 Å². The van der Waals surface area contributed by atoms with E-state index in [9.17, 15) is 9.59 Å². The average Bonchev–Trinajstić information content (AvgIpc) is 2.78. The van der Waals surface area contributed by atoms with Crippen LogP contribution in [0.15, 0.2) is 53.2 Å². The van der Waals surface area contributed by atoms with Crippen LogP contribution in [0.2, 0.25) is 10.0 Å². The van der Waals surface area contributed by atoms with E-state index in [-0.39, 0.29) is 17.3 Å². The van der Waals surface area contributed by atoms with Crippen LogP contribution in [-0.2, 0) is 16.1 Å². The van der Waals surface area contributed by atoms with Gasteiger partial charge in [0.05, 0.1) is 6.54 Å². The molecule has 0 atom stereocenters. The lowest BCUT2D eigenvalue weighted by atomic mass is 10.2. The van der Waals surface area contributed by atoms with Gasteiger partial charge in [0.1, 0.15) is 10.7 Å². The molecule has 4 nitrogen and oxygen atoms in total. The number of amides is 2. The fourth-order valence-corrected chi connectivity index (χ4v) is 3.07. The highest BCUT2D eigenvalue weighted by atomic mass is 35.5. The van der Waals surface area contributed by atoms with Gasteiger partial charge in [0.2, 0.25) is 0 Å². The second-order valence-electron chi connectivity index (χ2n) is 5.51. The van der Waals surface area contributed by atoms with Crippen molar-refractivity contribution in [2.75, 3.05) is 5.32 Å². The summed E-state index contributed by atoms with van der Waals surface area (Å²) in [5.74, 6) is -1.07. The van der Waals surface area contributed by atoms with Crippen molar-refractivity contribution in [3.8, 4) is 0 Å². The number of nitrogens with one attached hydrogen (secondary N) is 1. The summed E-state index contributed by atoms with van der Waals surface area (Å²) >= 11 is 18.3. The van der Waals surface area contributed by atoms with Gasteiger partial charge in [-0.1, -0.05) is 59.1 Å². The molecular weight excluding hydrogens is 383 g/mol. The van der Waals surface area contributed by atoms with Crippen molar-refractivity contribution in [3.05, 3.63) is 74.4 Å². The summed E-state index contributed by atoms with van der Waals surface area (Å²) in [6.07, 6.45) is 0. The number of carbonyl (C=O) groups is 2. The van der Waals surface area contributed by atoms with Crippen molar-refractivity contribution in [1.82, 2.24) is 4.90 Å². The van der Waals surface area contributed by atoms with Gasteiger partial charge in [-0.2, -0.15) is 0 Å². The van der Waals surface area contributed by atoms with Crippen molar-refractivity contribution in [2.45, 2.75) is 13.5 Å². The van der Waals surface area contributed by atoms with Crippen molar-refractivity contribution >= 4 is 52.3 Å². The Morgan fingerprint density at radius 3 is 2.32 bits per heavy atom. The first-order chi connectivity index (χ1) is 11.9. The standard InChI is InChI=1S/C18H13Cl3N2O2/c1-10-12(19)7-4-8-14(10)22-16-15(21)17(24)23(18(16)25)9-11-5-2-3-6-13(11)20/h2-8,22H,9H2,1H3. The van der Waals surface area contributed by atoms with Gasteiger partial charge in [0, 0.05) is 15.7 Å². The van der Waals surface area contributed by atoms with E-state index in [0.29, 0.717) is 21.3 Å². The number of anilines is 1. The first kappa shape index (κ1) is 17.8. The molecule has 0 saturated heterocycles. The van der Waals surface area contributed by atoms with Crippen LogP contribution in [-0.4, -0.2) is 16.7 Å². The number of benzene rings is 2. The van der Waals surface area contributed by atoms with Gasteiger partial charge in [-0.25, -0.2) is 0 Å². The van der Waals surface area contributed by atoms with E-state index in [1.807, 2.05) is 6.92 Å². The van der Waals surface area contributed by atoms with Gasteiger partial charge >= 0.3 is 0 Å². The molecule has 0 radical (unpaired) electrons. The van der Waals surface area contributed by atoms with Crippen molar-refractivity contribution in [3.63, 3.8) is 0 Å². The van der Waals surface area contributed by atoms with E-state index in [1.54, 1.807) is 42.5 Å². The summed E-state index contributed by atoms with van der Waals surface area (Å²) in [6, 6.07) is 12.3. The molecule has 0 fully saturated rings. The molecule has 2 amide bonds. The van der Waals surface area contributed by atoms with Gasteiger partial charge in [-0.3, -0.25) is 14.5 Å². The van der Waals surface area contributed by atoms with E-state index >= 15 is 0 Å². The van der Waals surface area contributed by atoms with Gasteiger partial charge in [0.25, 0.3) is 11.8 Å². The Labute approximate surface area is 160 Å². The third kappa shape index (κ3) is 3.38. The lowest BCUT2D eigenvalue weighted by molar-refractivity contribution is -0.138. The van der Waals surface area contributed by atoms with E-state index in [1.165, 1.54) is 0 Å². The zero-order valence-corrected chi connectivity index (χ0v) is 15.4. The van der Waals surface area contributed by atoms with Crippen molar-refractivity contribution in [2.24, 2.45) is 0 Å². The monoisotopic (exact) mass is 394 g/mol. The highest BCUT2D eigenvalue weighted by Gasteiger charge is 2.38. The molecule has 25 heavy (non-hydrogen) atoms. The van der Waals surface area contributed by atoms with Crippen LogP contribution in [0.1, 0.15) is 11.1 Å². The van der Waals surface area contributed by atoms with Gasteiger partial charge in [0.15, 0.2) is 0 Å². The molecule has 0 bridgehead atoms. The molecule has 1 aliphatic heterocycles. The van der Waals surface area contributed by atoms with Crippen molar-refractivity contribution in [1.29, 1.82) is 0 Å². The number of carbonyl (C=O) groups excluding carboxylic acids is 2. The minimum atomic E-state index is -0.561. The average molecular weight is 396 g/mol. The number of hydrogen-bond acceptors (Lipinski definition) is 3. The summed E-state index contributed by atoms with van der Waals surface area (Å²) in [7, 11) is 0. The Morgan fingerprint density at radius 2 is 1.60 bits per heavy atom. The number of nitrogens with zero attached hydrogens (tertiary/aromatic N) is 1. The molecular formula is C18H13Cl3N2O2. The fraction of sp³-hybridized carbons (Fsp3) is 0.111. The normalized spacial score (nSPS) is 14.5. The molecule has 128 valence electrons. The first-order valence-corrected chi connectivity index (χ1v) is 8.55. The highest BCUT2D eigenvalue weighted by molar-refractivity contribution is 6.48. The van der Waals surface area contributed by atoms with Crippen LogP contribution in [0, 0.1) is 6.92 Å². The maximum absolute atomic E-state index is 12.7. The summed E-state index contributed by atoms with van der Waals surface area (Å²) in [5.41, 5.74) is 2.06. The molecule has 3 rings (SSSR count). The summed E-state index contributed by atoms with van der Waals surface area (Å²) in [6.45, 7) is 1.86. The largest absolute Gasteiger partial charge is 0.349 e. The lowest BCUT2D eigenvalue weighted by Crippen LogP contribution is -2.32. The van der Waals surface area contributed by atoms with Crippen LogP contribution >= 0.6 is 34.8 Å². The smallest absolute Gasteiger partial charge is 0.279 e. The number of imide groups is 1. The zero-order chi connectivity index (χ0) is 18.1. The summed E-state index contributed by atoms with van der Waals surface area (Å²) in [5, 5.41) is 3.80. The molecule has 1 heterocycles. The first-order valence-electron chi connectivity index (χ1n) is 7.41. The molecule has 1 N–H and O–H groups in total. The molecule has 0 aliphatic carbocycles. The highest BCUT2D eigenvalue weighted by Crippen LogP contribution is 2.30. The maximum Gasteiger partial charge on any atom is 0.279 e. The fourth-order valence-electron chi connectivity index (χ4n) is 2.47. The Hall–Kier alpha value is -2.01. The molecule has 2 aromatic carbocycles. The third-order valence-electron chi connectivity index (χ3n) is 3.93. The van der Waals surface area contributed by atoms with E-state index in [4.69, 9.17) is 34.8 Å². The molecule has 2 aromatic rings. The van der Waals surface area contributed by atoms with Gasteiger partial charge in [-0.05, 0) is 36.2 Å². The Balaban J connectivity index is 1.87. The van der Waals surface area contributed by atoms with Gasteiger partial charge < -0.3 is 5.32 Å². The summed E-state index contributed by atoms with van der Waals surface area (Å²) in [4.78, 5) is 26.1. The van der Waals surface area contributed by atoms with Crippen LogP contribution < -0.4 is 5.32 Å². The molecule has 1 aliphatic rings. The SMILES string of the molecule is Cc1c(Cl)cccc1NC1=C(Cl)C(=O)N(Cc2ccccc2Cl)C1=O. The lowest BCUT2D eigenvalue weighted by Gasteiger charge is -2.16. The predicted octanol–water partition coefficient (Wildman–Crippen LogP) is 4.73. The molecule has 0 spiro atoms. The maximum atomic E-state index is 12.7. The van der Waals surface area contributed by atoms with Gasteiger partial charge in [-0.15, -0.1) is 0 Å². The zero-order valence-electron chi connectivity index (χ0n) is 13.1.